The molecule has 2 heterocycles. The second-order valence-corrected chi connectivity index (χ2v) is 6.49. The zero-order valence-electron chi connectivity index (χ0n) is 12.8. The number of rotatable bonds is 5. The van der Waals surface area contributed by atoms with Gasteiger partial charge in [0.25, 0.3) is 0 Å². The van der Waals surface area contributed by atoms with E-state index in [0.29, 0.717) is 0 Å². The first-order valence-electron chi connectivity index (χ1n) is 7.61. The Morgan fingerprint density at radius 2 is 1.82 bits per heavy atom. The number of hydrogen-bond acceptors (Lipinski definition) is 3. The fourth-order valence-corrected chi connectivity index (χ4v) is 3.85. The zero-order valence-corrected chi connectivity index (χ0v) is 13.6. The molecule has 0 spiro atoms. The molecule has 0 unspecified atom stereocenters. The minimum atomic E-state index is 0.839. The Kier molecular flexibility index (Phi) is 4.64. The summed E-state index contributed by atoms with van der Waals surface area (Å²) in [5, 5.41) is 1.11. The van der Waals surface area contributed by atoms with Crippen molar-refractivity contribution < 1.29 is 0 Å². The van der Waals surface area contributed by atoms with E-state index in [0.717, 1.165) is 24.4 Å². The van der Waals surface area contributed by atoms with Crippen molar-refractivity contribution in [3.8, 4) is 0 Å². The molecule has 0 atom stereocenters. The van der Waals surface area contributed by atoms with Crippen molar-refractivity contribution in [2.24, 2.45) is 0 Å². The van der Waals surface area contributed by atoms with Gasteiger partial charge in [0.2, 0.25) is 0 Å². The SMILES string of the molecule is C=C1SC(CCC)=C(c2ccccc2)N1Cc1ccncc1. The summed E-state index contributed by atoms with van der Waals surface area (Å²) >= 11 is 1.82. The molecule has 1 aromatic carbocycles. The lowest BCUT2D eigenvalue weighted by atomic mass is 10.1. The number of hydrogen-bond donors (Lipinski definition) is 0. The van der Waals surface area contributed by atoms with Gasteiger partial charge in [-0.05, 0) is 29.7 Å². The third-order valence-electron chi connectivity index (χ3n) is 3.69. The van der Waals surface area contributed by atoms with Gasteiger partial charge in [0.15, 0.2) is 0 Å². The number of aromatic nitrogens is 1. The largest absolute Gasteiger partial charge is 0.331 e. The number of thioether (sulfide) groups is 1. The third kappa shape index (κ3) is 3.09. The normalized spacial score (nSPS) is 14.8. The van der Waals surface area contributed by atoms with Crippen molar-refractivity contribution in [2.75, 3.05) is 0 Å². The first-order chi connectivity index (χ1) is 10.8. The van der Waals surface area contributed by atoms with Crippen LogP contribution < -0.4 is 0 Å². The van der Waals surface area contributed by atoms with Crippen LogP contribution in [0.3, 0.4) is 0 Å². The first kappa shape index (κ1) is 14.9. The van der Waals surface area contributed by atoms with Crippen molar-refractivity contribution in [1.29, 1.82) is 0 Å². The molecular formula is C19H20N2S. The summed E-state index contributed by atoms with van der Waals surface area (Å²) in [6.45, 7) is 7.34. The van der Waals surface area contributed by atoms with Crippen molar-refractivity contribution in [1.82, 2.24) is 9.88 Å². The molecule has 0 saturated heterocycles. The molecule has 0 fully saturated rings. The van der Waals surface area contributed by atoms with Crippen LogP contribution in [0.1, 0.15) is 30.9 Å². The Morgan fingerprint density at radius 3 is 2.50 bits per heavy atom. The van der Waals surface area contributed by atoms with Crippen LogP contribution >= 0.6 is 11.8 Å². The van der Waals surface area contributed by atoms with Gasteiger partial charge in [0, 0.05) is 23.8 Å². The third-order valence-corrected chi connectivity index (χ3v) is 4.79. The number of nitrogens with zero attached hydrogens (tertiary/aromatic N) is 2. The topological polar surface area (TPSA) is 16.1 Å². The minimum absolute atomic E-state index is 0.839. The molecule has 0 amide bonds. The maximum atomic E-state index is 4.27. The molecule has 2 aromatic rings. The number of benzene rings is 1. The standard InChI is InChI=1S/C19H20N2S/c1-3-7-18-19(17-8-5-4-6-9-17)21(15(2)22-18)14-16-10-12-20-13-11-16/h4-6,8-13H,2-3,7,14H2,1H3. The van der Waals surface area contributed by atoms with Crippen LogP contribution in [-0.4, -0.2) is 9.88 Å². The van der Waals surface area contributed by atoms with Crippen LogP contribution in [0.25, 0.3) is 5.70 Å². The predicted molar refractivity (Wildman–Crippen MR) is 94.8 cm³/mol. The lowest BCUT2D eigenvalue weighted by Gasteiger charge is -2.23. The van der Waals surface area contributed by atoms with E-state index < -0.39 is 0 Å². The fourth-order valence-electron chi connectivity index (χ4n) is 2.67. The Bertz CT molecular complexity index is 677. The maximum Gasteiger partial charge on any atom is 0.0728 e. The number of pyridine rings is 1. The molecule has 0 bridgehead atoms. The molecular weight excluding hydrogens is 288 g/mol. The van der Waals surface area contributed by atoms with Crippen LogP contribution in [0.5, 0.6) is 0 Å². The summed E-state index contributed by atoms with van der Waals surface area (Å²) < 4.78 is 0. The average Bonchev–Trinajstić information content (AvgIpc) is 2.85. The van der Waals surface area contributed by atoms with E-state index in [1.807, 2.05) is 24.2 Å². The summed E-state index contributed by atoms with van der Waals surface area (Å²) in [4.78, 5) is 7.86. The van der Waals surface area contributed by atoms with Crippen LogP contribution in [-0.2, 0) is 6.54 Å². The summed E-state index contributed by atoms with van der Waals surface area (Å²) in [6.07, 6.45) is 5.94. The van der Waals surface area contributed by atoms with Gasteiger partial charge in [-0.1, -0.05) is 62.0 Å². The van der Waals surface area contributed by atoms with Gasteiger partial charge in [-0.2, -0.15) is 0 Å². The van der Waals surface area contributed by atoms with Gasteiger partial charge in [-0.25, -0.2) is 0 Å². The molecule has 0 N–H and O–H groups in total. The Labute approximate surface area is 136 Å². The van der Waals surface area contributed by atoms with Crippen LogP contribution in [0.15, 0.2) is 71.4 Å². The van der Waals surface area contributed by atoms with Gasteiger partial charge in [-0.15, -0.1) is 0 Å². The highest BCUT2D eigenvalue weighted by Gasteiger charge is 2.27. The van der Waals surface area contributed by atoms with E-state index in [9.17, 15) is 0 Å². The lowest BCUT2D eigenvalue weighted by molar-refractivity contribution is 0.519. The fraction of sp³-hybridized carbons (Fsp3) is 0.211. The molecule has 22 heavy (non-hydrogen) atoms. The predicted octanol–water partition coefficient (Wildman–Crippen LogP) is 5.27. The van der Waals surface area contributed by atoms with Gasteiger partial charge in [0.1, 0.15) is 0 Å². The molecule has 3 heteroatoms. The average molecular weight is 308 g/mol. The molecule has 0 aliphatic carbocycles. The Morgan fingerprint density at radius 1 is 1.09 bits per heavy atom. The molecule has 1 aliphatic heterocycles. The first-order valence-corrected chi connectivity index (χ1v) is 8.43. The molecule has 2 nitrogen and oxygen atoms in total. The Hall–Kier alpha value is -2.00. The van der Waals surface area contributed by atoms with Gasteiger partial charge >= 0.3 is 0 Å². The summed E-state index contributed by atoms with van der Waals surface area (Å²) in [5.41, 5.74) is 3.84. The maximum absolute atomic E-state index is 4.27. The molecule has 0 saturated carbocycles. The molecule has 0 radical (unpaired) electrons. The lowest BCUT2D eigenvalue weighted by Crippen LogP contribution is -2.16. The summed E-state index contributed by atoms with van der Waals surface area (Å²) in [7, 11) is 0. The second kappa shape index (κ2) is 6.84. The van der Waals surface area contributed by atoms with Crippen LogP contribution in [0, 0.1) is 0 Å². The minimum Gasteiger partial charge on any atom is -0.331 e. The van der Waals surface area contributed by atoms with Crippen molar-refractivity contribution in [2.45, 2.75) is 26.3 Å². The molecule has 1 aromatic heterocycles. The van der Waals surface area contributed by atoms with Crippen LogP contribution in [0.2, 0.25) is 0 Å². The second-order valence-electron chi connectivity index (χ2n) is 5.33. The highest BCUT2D eigenvalue weighted by Crippen LogP contribution is 2.47. The van der Waals surface area contributed by atoms with E-state index in [1.54, 1.807) is 0 Å². The van der Waals surface area contributed by atoms with E-state index >= 15 is 0 Å². The zero-order chi connectivity index (χ0) is 15.4. The van der Waals surface area contributed by atoms with Crippen molar-refractivity contribution in [3.05, 3.63) is 82.5 Å². The number of allylic oxidation sites excluding steroid dienone is 1. The molecule has 3 rings (SSSR count). The summed E-state index contributed by atoms with van der Waals surface area (Å²) in [6, 6.07) is 14.8. The quantitative estimate of drug-likeness (QED) is 0.748. The van der Waals surface area contributed by atoms with Gasteiger partial charge in [0.05, 0.1) is 10.7 Å². The van der Waals surface area contributed by atoms with Gasteiger partial charge < -0.3 is 4.90 Å². The molecule has 1 aliphatic rings. The smallest absolute Gasteiger partial charge is 0.0728 e. The van der Waals surface area contributed by atoms with E-state index in [-0.39, 0.29) is 0 Å². The highest BCUT2D eigenvalue weighted by molar-refractivity contribution is 8.07. The van der Waals surface area contributed by atoms with E-state index in [4.69, 9.17) is 0 Å². The van der Waals surface area contributed by atoms with Gasteiger partial charge in [-0.3, -0.25) is 4.98 Å². The summed E-state index contributed by atoms with van der Waals surface area (Å²) in [5.74, 6) is 0. The van der Waals surface area contributed by atoms with E-state index in [2.05, 4.69) is 65.9 Å². The van der Waals surface area contributed by atoms with Crippen molar-refractivity contribution in [3.63, 3.8) is 0 Å². The highest BCUT2D eigenvalue weighted by atomic mass is 32.2. The Balaban J connectivity index is 1.97. The molecule has 112 valence electrons. The van der Waals surface area contributed by atoms with E-state index in [1.165, 1.54) is 21.7 Å². The van der Waals surface area contributed by atoms with Crippen LogP contribution in [0.4, 0.5) is 0 Å². The van der Waals surface area contributed by atoms with Crippen molar-refractivity contribution >= 4 is 17.5 Å². The monoisotopic (exact) mass is 308 g/mol.